The molecule has 9 nitrogen and oxygen atoms in total. The number of hydrogen-bond acceptors (Lipinski definition) is 8. The molecule has 0 spiro atoms. The van der Waals surface area contributed by atoms with Crippen molar-refractivity contribution in [3.63, 3.8) is 0 Å². The summed E-state index contributed by atoms with van der Waals surface area (Å²) in [6, 6.07) is 0. The second-order valence-electron chi connectivity index (χ2n) is 23.7. The van der Waals surface area contributed by atoms with Gasteiger partial charge in [-0.3, -0.25) is 18.6 Å². The van der Waals surface area contributed by atoms with E-state index in [0.29, 0.717) is 6.42 Å². The minimum atomic E-state index is -4.42. The minimum Gasteiger partial charge on any atom is -0.462 e. The molecule has 0 aromatic carbocycles. The van der Waals surface area contributed by atoms with Crippen LogP contribution in [0.3, 0.4) is 0 Å². The number of phosphoric acid groups is 1. The standard InChI is InChI=1S/C85H134NO8P/c1-3-5-7-9-11-13-15-17-19-21-23-25-27-29-31-33-35-37-39-40-41-42-44-45-47-49-51-53-55-57-59-61-63-65-67-69-71-73-75-77-84(87)91-81-83(82-93-95(89,90)92-80-79-86)94-85(88)78-76-74-72-70-68-66-64-62-60-58-56-54-52-50-48-46-43-38-36-34-32-30-28-26-24-22-20-18-16-14-12-10-8-6-4-2/h5-8,11-14,17-20,23-26,29-32,35-38,40-41,44-46,48,52,54,58,60,64,66,83H,3-4,9-10,15-16,21-22,27-28,33-34,39,42-43,47,49-51,53,55-57,59,61-63,65,67-82,86H2,1-2H3,(H,89,90)/b7-5-,8-6-,13-11-,14-12-,19-17-,20-18-,25-23-,26-24-,31-29-,32-30-,37-35-,38-36-,41-40-,45-44-,48-46-,54-52-,60-58-,66-64-. The molecule has 2 unspecified atom stereocenters. The molecule has 0 aromatic rings. The summed E-state index contributed by atoms with van der Waals surface area (Å²) in [5.74, 6) is -0.870. The molecule has 0 aliphatic heterocycles. The first-order valence-corrected chi connectivity index (χ1v) is 38.7. The van der Waals surface area contributed by atoms with E-state index in [0.717, 1.165) is 167 Å². The van der Waals surface area contributed by atoms with E-state index in [-0.39, 0.29) is 32.6 Å². The minimum absolute atomic E-state index is 0.0381. The average molecular weight is 1330 g/mol. The second kappa shape index (κ2) is 77.3. The summed E-state index contributed by atoms with van der Waals surface area (Å²) in [6.07, 6.45) is 120. The van der Waals surface area contributed by atoms with Crippen molar-refractivity contribution in [2.45, 2.75) is 277 Å². The van der Waals surface area contributed by atoms with Gasteiger partial charge in [-0.2, -0.15) is 0 Å². The molecule has 2 atom stereocenters. The zero-order valence-electron chi connectivity index (χ0n) is 59.8. The monoisotopic (exact) mass is 1330 g/mol. The Morgan fingerprint density at radius 3 is 0.811 bits per heavy atom. The van der Waals surface area contributed by atoms with Crippen LogP contribution in [0, 0.1) is 0 Å². The van der Waals surface area contributed by atoms with Crippen LogP contribution >= 0.6 is 7.82 Å². The third-order valence-corrected chi connectivity index (χ3v) is 15.8. The van der Waals surface area contributed by atoms with Crippen molar-refractivity contribution in [3.05, 3.63) is 219 Å². The van der Waals surface area contributed by atoms with E-state index < -0.39 is 32.5 Å². The normalized spacial score (nSPS) is 14.2. The van der Waals surface area contributed by atoms with Gasteiger partial charge in [-0.25, -0.2) is 4.57 Å². The summed E-state index contributed by atoms with van der Waals surface area (Å²) in [7, 11) is -4.42. The Hall–Kier alpha value is -5.67. The fraction of sp³-hybridized carbons (Fsp3) is 0.553. The topological polar surface area (TPSA) is 134 Å². The molecule has 0 saturated carbocycles. The van der Waals surface area contributed by atoms with E-state index in [1.807, 2.05) is 0 Å². The van der Waals surface area contributed by atoms with Crippen molar-refractivity contribution in [2.24, 2.45) is 5.73 Å². The molecule has 0 aromatic heterocycles. The first-order valence-electron chi connectivity index (χ1n) is 37.2. The molecule has 10 heteroatoms. The molecule has 0 rings (SSSR count). The van der Waals surface area contributed by atoms with Crippen molar-refractivity contribution in [1.29, 1.82) is 0 Å². The Labute approximate surface area is 581 Å². The van der Waals surface area contributed by atoms with Crippen LogP contribution in [0.25, 0.3) is 0 Å². The maximum absolute atomic E-state index is 12.8. The lowest BCUT2D eigenvalue weighted by Gasteiger charge is -2.19. The highest BCUT2D eigenvalue weighted by molar-refractivity contribution is 7.47. The van der Waals surface area contributed by atoms with E-state index in [9.17, 15) is 19.0 Å². The molecule has 0 heterocycles. The number of nitrogens with two attached hydrogens (primary N) is 1. The summed E-state index contributed by atoms with van der Waals surface area (Å²) >= 11 is 0. The zero-order chi connectivity index (χ0) is 68.6. The van der Waals surface area contributed by atoms with Crippen LogP contribution in [0.1, 0.15) is 271 Å². The van der Waals surface area contributed by atoms with Gasteiger partial charge in [0.05, 0.1) is 13.2 Å². The lowest BCUT2D eigenvalue weighted by atomic mass is 10.0. The first kappa shape index (κ1) is 89.3. The van der Waals surface area contributed by atoms with Gasteiger partial charge in [0.2, 0.25) is 0 Å². The predicted octanol–water partition coefficient (Wildman–Crippen LogP) is 25.2. The molecular formula is C85H134NO8P. The number of carbonyl (C=O) groups is 2. The fourth-order valence-corrected chi connectivity index (χ4v) is 10.2. The molecule has 0 aliphatic rings. The lowest BCUT2D eigenvalue weighted by molar-refractivity contribution is -0.161. The Morgan fingerprint density at radius 2 is 0.547 bits per heavy atom. The highest BCUT2D eigenvalue weighted by Gasteiger charge is 2.26. The van der Waals surface area contributed by atoms with Crippen LogP contribution in [-0.4, -0.2) is 49.3 Å². The summed E-state index contributed by atoms with van der Waals surface area (Å²) < 4.78 is 33.2. The predicted molar refractivity (Wildman–Crippen MR) is 412 cm³/mol. The number of esters is 2. The quantitative estimate of drug-likeness (QED) is 0.0264. The van der Waals surface area contributed by atoms with Crippen molar-refractivity contribution in [1.82, 2.24) is 0 Å². The molecular weight excluding hydrogens is 1190 g/mol. The molecule has 95 heavy (non-hydrogen) atoms. The van der Waals surface area contributed by atoms with Crippen LogP contribution in [-0.2, 0) is 32.7 Å². The highest BCUT2D eigenvalue weighted by Crippen LogP contribution is 2.43. The third kappa shape index (κ3) is 77.2. The highest BCUT2D eigenvalue weighted by atomic mass is 31.2. The van der Waals surface area contributed by atoms with E-state index >= 15 is 0 Å². The van der Waals surface area contributed by atoms with Gasteiger partial charge in [-0.15, -0.1) is 0 Å². The number of hydrogen-bond donors (Lipinski definition) is 2. The number of phosphoric ester groups is 1. The maximum atomic E-state index is 12.8. The maximum Gasteiger partial charge on any atom is 0.472 e. The number of carbonyl (C=O) groups excluding carboxylic acids is 2. The molecule has 0 fully saturated rings. The van der Waals surface area contributed by atoms with Gasteiger partial charge in [0, 0.05) is 19.4 Å². The van der Waals surface area contributed by atoms with Gasteiger partial charge in [-0.05, 0) is 154 Å². The smallest absolute Gasteiger partial charge is 0.462 e. The third-order valence-electron chi connectivity index (χ3n) is 14.9. The van der Waals surface area contributed by atoms with Gasteiger partial charge < -0.3 is 20.1 Å². The van der Waals surface area contributed by atoms with Crippen molar-refractivity contribution >= 4 is 19.8 Å². The molecule has 0 radical (unpaired) electrons. The Kier molecular flexibility index (Phi) is 72.7. The van der Waals surface area contributed by atoms with E-state index in [1.54, 1.807) is 0 Å². The van der Waals surface area contributed by atoms with E-state index in [2.05, 4.69) is 233 Å². The Bertz CT molecular complexity index is 2370. The number of rotatable bonds is 67. The van der Waals surface area contributed by atoms with Gasteiger partial charge >= 0.3 is 19.8 Å². The number of unbranched alkanes of at least 4 members (excludes halogenated alkanes) is 18. The van der Waals surface area contributed by atoms with Gasteiger partial charge in [0.25, 0.3) is 0 Å². The Morgan fingerprint density at radius 1 is 0.316 bits per heavy atom. The average Bonchev–Trinajstić information content (AvgIpc) is 3.32. The molecule has 3 N–H and O–H groups in total. The number of ether oxygens (including phenoxy) is 2. The van der Waals surface area contributed by atoms with Crippen molar-refractivity contribution in [3.8, 4) is 0 Å². The molecule has 0 saturated heterocycles. The van der Waals surface area contributed by atoms with Gasteiger partial charge in [0.1, 0.15) is 6.61 Å². The molecule has 0 amide bonds. The van der Waals surface area contributed by atoms with Crippen LogP contribution in [0.2, 0.25) is 0 Å². The van der Waals surface area contributed by atoms with Crippen LogP contribution in [0.5, 0.6) is 0 Å². The lowest BCUT2D eigenvalue weighted by Crippen LogP contribution is -2.29. The zero-order valence-corrected chi connectivity index (χ0v) is 60.7. The first-order chi connectivity index (χ1) is 46.8. The van der Waals surface area contributed by atoms with Gasteiger partial charge in [-0.1, -0.05) is 322 Å². The second-order valence-corrected chi connectivity index (χ2v) is 25.1. The summed E-state index contributed by atoms with van der Waals surface area (Å²) in [4.78, 5) is 35.4. The molecule has 0 bridgehead atoms. The molecule has 532 valence electrons. The largest absolute Gasteiger partial charge is 0.472 e. The summed E-state index contributed by atoms with van der Waals surface area (Å²) in [5.41, 5.74) is 5.40. The SMILES string of the molecule is CC/C=C\C/C=C\C/C=C\C/C=C\C/C=C\C/C=C\C/C=C\C/C=C\C/C=C\C/C=C\CCCCCCC(=O)OC(COC(=O)CCCCCCCCCCCCCCCC/C=C\C/C=C\C/C=C\C/C=C\C/C=C\C/C=C\C/C=C\C/C=C\CC)COP(=O)(O)OCCN. The summed E-state index contributed by atoms with van der Waals surface area (Å²) in [6.45, 7) is 3.47. The van der Waals surface area contributed by atoms with Crippen molar-refractivity contribution in [2.75, 3.05) is 26.4 Å². The van der Waals surface area contributed by atoms with E-state index in [4.69, 9.17) is 24.3 Å². The summed E-state index contributed by atoms with van der Waals surface area (Å²) in [5, 5.41) is 0. The van der Waals surface area contributed by atoms with Crippen LogP contribution in [0.15, 0.2) is 219 Å². The molecule has 0 aliphatic carbocycles. The van der Waals surface area contributed by atoms with Crippen LogP contribution in [0.4, 0.5) is 0 Å². The number of allylic oxidation sites excluding steroid dienone is 36. The van der Waals surface area contributed by atoms with E-state index in [1.165, 1.54) is 70.6 Å². The van der Waals surface area contributed by atoms with Crippen molar-refractivity contribution < 1.29 is 37.6 Å². The Balaban J connectivity index is 4.00. The van der Waals surface area contributed by atoms with Gasteiger partial charge in [0.15, 0.2) is 6.10 Å². The van der Waals surface area contributed by atoms with Crippen LogP contribution < -0.4 is 5.73 Å². The fourth-order valence-electron chi connectivity index (χ4n) is 9.44.